The van der Waals surface area contributed by atoms with Gasteiger partial charge < -0.3 is 0 Å². The van der Waals surface area contributed by atoms with Crippen LogP contribution in [0.25, 0.3) is 0 Å². The summed E-state index contributed by atoms with van der Waals surface area (Å²) < 4.78 is 0. The zero-order valence-corrected chi connectivity index (χ0v) is 22.2. The van der Waals surface area contributed by atoms with Gasteiger partial charge in [-0.1, -0.05) is 0 Å². The van der Waals surface area contributed by atoms with E-state index in [0.29, 0.717) is 11.1 Å². The molecule has 0 saturated heterocycles. The fraction of sp³-hybridized carbons (Fsp3) is 0.857. The SMILES string of the molecule is CC1(C)CCCC(C)(P(Cl)(C2C=CC=C2)(C2CCCCC2)C2CCCCC2)C1(C)C. The van der Waals surface area contributed by atoms with Crippen molar-refractivity contribution >= 4 is 17.2 Å². The molecule has 1 atom stereocenters. The van der Waals surface area contributed by atoms with E-state index < -0.39 is 5.96 Å². The molecule has 0 heterocycles. The number of hydrogen-bond donors (Lipinski definition) is 0. The van der Waals surface area contributed by atoms with Gasteiger partial charge in [0.05, 0.1) is 0 Å². The molecule has 0 aromatic carbocycles. The van der Waals surface area contributed by atoms with E-state index in [4.69, 9.17) is 11.2 Å². The van der Waals surface area contributed by atoms with Gasteiger partial charge in [-0.3, -0.25) is 0 Å². The van der Waals surface area contributed by atoms with E-state index in [9.17, 15) is 0 Å². The average molecular weight is 451 g/mol. The molecule has 2 heteroatoms. The summed E-state index contributed by atoms with van der Waals surface area (Å²) in [5, 5.41) is 0.232. The van der Waals surface area contributed by atoms with Crippen LogP contribution in [0.1, 0.15) is 118 Å². The van der Waals surface area contributed by atoms with Gasteiger partial charge in [0, 0.05) is 0 Å². The molecule has 4 rings (SSSR count). The number of hydrogen-bond acceptors (Lipinski definition) is 0. The van der Waals surface area contributed by atoms with Crippen LogP contribution in [0, 0.1) is 10.8 Å². The minimum absolute atomic E-state index is 0.232. The Morgan fingerprint density at radius 3 is 1.60 bits per heavy atom. The van der Waals surface area contributed by atoms with Crippen molar-refractivity contribution in [1.82, 2.24) is 0 Å². The van der Waals surface area contributed by atoms with Gasteiger partial charge in [0.25, 0.3) is 0 Å². The second-order valence-electron chi connectivity index (χ2n) is 12.7. The van der Waals surface area contributed by atoms with Crippen LogP contribution in [-0.2, 0) is 0 Å². The summed E-state index contributed by atoms with van der Waals surface area (Å²) in [6.45, 7) is 13.1. The van der Waals surface area contributed by atoms with Gasteiger partial charge in [0.15, 0.2) is 0 Å². The Morgan fingerprint density at radius 1 is 0.667 bits per heavy atom. The van der Waals surface area contributed by atoms with Gasteiger partial charge in [0.1, 0.15) is 0 Å². The van der Waals surface area contributed by atoms with Crippen molar-refractivity contribution in [3.8, 4) is 0 Å². The van der Waals surface area contributed by atoms with Crippen LogP contribution in [0.3, 0.4) is 0 Å². The first-order chi connectivity index (χ1) is 14.1. The van der Waals surface area contributed by atoms with Crippen molar-refractivity contribution < 1.29 is 0 Å². The Morgan fingerprint density at radius 2 is 1.13 bits per heavy atom. The third-order valence-electron chi connectivity index (χ3n) is 11.5. The summed E-state index contributed by atoms with van der Waals surface area (Å²) in [6, 6.07) is 0. The maximum absolute atomic E-state index is 8.92. The molecule has 4 aliphatic rings. The number of allylic oxidation sites excluding steroid dienone is 4. The zero-order valence-electron chi connectivity index (χ0n) is 20.6. The van der Waals surface area contributed by atoms with Crippen LogP contribution >= 0.6 is 17.2 Å². The summed E-state index contributed by atoms with van der Waals surface area (Å²) >= 11 is 8.92. The van der Waals surface area contributed by atoms with E-state index in [0.717, 1.165) is 11.3 Å². The van der Waals surface area contributed by atoms with Crippen LogP contribution in [0.15, 0.2) is 24.3 Å². The van der Waals surface area contributed by atoms with Gasteiger partial charge in [-0.2, -0.15) is 0 Å². The van der Waals surface area contributed by atoms with E-state index in [1.54, 1.807) is 0 Å². The first-order valence-electron chi connectivity index (χ1n) is 13.2. The average Bonchev–Trinajstić information content (AvgIpc) is 3.29. The van der Waals surface area contributed by atoms with Gasteiger partial charge in [-0.25, -0.2) is 0 Å². The molecule has 172 valence electrons. The summed E-state index contributed by atoms with van der Waals surface area (Å²) in [6.07, 6.45) is 27.9. The quantitative estimate of drug-likeness (QED) is 0.373. The zero-order chi connectivity index (χ0) is 21.7. The third-order valence-corrected chi connectivity index (χ3v) is 23.4. The van der Waals surface area contributed by atoms with Crippen molar-refractivity contribution in [1.29, 1.82) is 0 Å². The van der Waals surface area contributed by atoms with Crippen LogP contribution in [0.4, 0.5) is 0 Å². The monoisotopic (exact) mass is 450 g/mol. The molecule has 0 N–H and O–H groups in total. The van der Waals surface area contributed by atoms with Crippen molar-refractivity contribution in [3.05, 3.63) is 24.3 Å². The summed E-state index contributed by atoms with van der Waals surface area (Å²) in [5.41, 5.74) is 2.60. The predicted octanol–water partition coefficient (Wildman–Crippen LogP) is 9.85. The van der Waals surface area contributed by atoms with Crippen LogP contribution in [-0.4, -0.2) is 22.1 Å². The molecule has 0 aromatic heterocycles. The van der Waals surface area contributed by atoms with E-state index in [2.05, 4.69) is 58.9 Å². The molecule has 3 fully saturated rings. The molecule has 0 aliphatic heterocycles. The van der Waals surface area contributed by atoms with Crippen LogP contribution in [0.2, 0.25) is 0 Å². The summed E-state index contributed by atoms with van der Waals surface area (Å²) in [4.78, 5) is 0. The van der Waals surface area contributed by atoms with Crippen molar-refractivity contribution in [2.75, 3.05) is 0 Å². The second-order valence-corrected chi connectivity index (χ2v) is 20.4. The molecular formula is C28H48ClP. The number of rotatable bonds is 4. The third kappa shape index (κ3) is 2.87. The molecule has 0 bridgehead atoms. The number of halogens is 1. The van der Waals surface area contributed by atoms with E-state index in [1.165, 1.54) is 83.5 Å². The van der Waals surface area contributed by atoms with Crippen LogP contribution in [0.5, 0.6) is 0 Å². The first kappa shape index (κ1) is 23.4. The Bertz CT molecular complexity index is 659. The molecule has 0 spiro atoms. The molecule has 3 saturated carbocycles. The summed E-state index contributed by atoms with van der Waals surface area (Å²) in [7, 11) is 0. The summed E-state index contributed by atoms with van der Waals surface area (Å²) in [5.74, 6) is -2.74. The van der Waals surface area contributed by atoms with Gasteiger partial charge in [0.2, 0.25) is 0 Å². The second kappa shape index (κ2) is 7.90. The minimum atomic E-state index is -2.74. The normalized spacial score (nSPS) is 34.7. The molecule has 0 radical (unpaired) electrons. The Labute approximate surface area is 192 Å². The van der Waals surface area contributed by atoms with Gasteiger partial charge >= 0.3 is 193 Å². The Kier molecular flexibility index (Phi) is 6.16. The fourth-order valence-electron chi connectivity index (χ4n) is 8.96. The molecule has 4 aliphatic carbocycles. The topological polar surface area (TPSA) is 0 Å². The fourth-order valence-corrected chi connectivity index (χ4v) is 21.1. The van der Waals surface area contributed by atoms with Gasteiger partial charge in [-0.05, 0) is 0 Å². The van der Waals surface area contributed by atoms with Crippen molar-refractivity contribution in [2.24, 2.45) is 10.8 Å². The van der Waals surface area contributed by atoms with Crippen LogP contribution < -0.4 is 0 Å². The first-order valence-corrected chi connectivity index (χ1v) is 16.5. The molecular weight excluding hydrogens is 403 g/mol. The van der Waals surface area contributed by atoms with E-state index >= 15 is 0 Å². The predicted molar refractivity (Wildman–Crippen MR) is 138 cm³/mol. The Hall–Kier alpha value is 0.200. The molecule has 0 nitrogen and oxygen atoms in total. The van der Waals surface area contributed by atoms with Gasteiger partial charge in [-0.15, -0.1) is 0 Å². The molecule has 0 aromatic rings. The van der Waals surface area contributed by atoms with E-state index in [-0.39, 0.29) is 10.6 Å². The molecule has 0 amide bonds. The Balaban J connectivity index is 2.01. The standard InChI is InChI=1S/C28H48ClP/c1-26(2)21-14-22-28(5,27(26,3)4)30(29,25-19-12-13-20-25,23-15-8-6-9-16-23)24-17-10-7-11-18-24/h12-13,19-20,23-25H,6-11,14-18,21-22H2,1-5H3. The molecule has 30 heavy (non-hydrogen) atoms. The maximum atomic E-state index is 8.92. The molecule has 1 unspecified atom stereocenters. The van der Waals surface area contributed by atoms with E-state index in [1.807, 2.05) is 0 Å². The van der Waals surface area contributed by atoms with Crippen molar-refractivity contribution in [2.45, 2.75) is 140 Å². The van der Waals surface area contributed by atoms with Crippen molar-refractivity contribution in [3.63, 3.8) is 0 Å².